The number of carbonyl (C=O) groups is 1. The van der Waals surface area contributed by atoms with E-state index in [1.165, 1.54) is 0 Å². The van der Waals surface area contributed by atoms with Gasteiger partial charge in [-0.15, -0.1) is 0 Å². The van der Waals surface area contributed by atoms with Crippen molar-refractivity contribution < 1.29 is 24.5 Å². The van der Waals surface area contributed by atoms with Crippen LogP contribution < -0.4 is 4.74 Å². The van der Waals surface area contributed by atoms with Crippen LogP contribution in [0.3, 0.4) is 0 Å². The zero-order valence-electron chi connectivity index (χ0n) is 15.5. The number of benzene rings is 1. The van der Waals surface area contributed by atoms with Gasteiger partial charge in [-0.2, -0.15) is 0 Å². The molecule has 1 saturated heterocycles. The van der Waals surface area contributed by atoms with Gasteiger partial charge in [-0.1, -0.05) is 11.6 Å². The van der Waals surface area contributed by atoms with Gasteiger partial charge >= 0.3 is 0 Å². The fraction of sp³-hybridized carbons (Fsp3) is 0.474. The standard InChI is InChI=1S/C17H21ClN2O3.C2H4O2/c1-22-15-3-2-13(10-14(15)18)16-19-6-7-20(16)11-17(12-21)4-8-23-9-5-17;1-2(3)4/h2-3,6-7,10,21H,4-5,8-9,11-12H2,1H3;1H3,(H,3,4). The summed E-state index contributed by atoms with van der Waals surface area (Å²) in [7, 11) is 1.60. The molecule has 7 nitrogen and oxygen atoms in total. The Morgan fingerprint density at radius 1 is 1.41 bits per heavy atom. The number of hydrogen-bond donors (Lipinski definition) is 2. The Morgan fingerprint density at radius 3 is 2.63 bits per heavy atom. The normalized spacial score (nSPS) is 15.6. The topological polar surface area (TPSA) is 93.8 Å². The number of hydrogen-bond acceptors (Lipinski definition) is 5. The van der Waals surface area contributed by atoms with Gasteiger partial charge in [0.25, 0.3) is 5.97 Å². The fourth-order valence-corrected chi connectivity index (χ4v) is 3.29. The zero-order valence-corrected chi connectivity index (χ0v) is 16.3. The molecule has 8 heteroatoms. The van der Waals surface area contributed by atoms with Crippen LogP contribution in [0, 0.1) is 5.41 Å². The summed E-state index contributed by atoms with van der Waals surface area (Å²) in [6.07, 6.45) is 5.42. The maximum absolute atomic E-state index is 9.89. The summed E-state index contributed by atoms with van der Waals surface area (Å²) in [6.45, 7) is 3.33. The molecular formula is C19H25ClN2O5. The summed E-state index contributed by atoms with van der Waals surface area (Å²) < 4.78 is 12.7. The van der Waals surface area contributed by atoms with Crippen LogP contribution in [0.5, 0.6) is 5.75 Å². The fourth-order valence-electron chi connectivity index (χ4n) is 3.03. The molecule has 1 aliphatic heterocycles. The first-order valence-corrected chi connectivity index (χ1v) is 9.02. The molecule has 1 aromatic heterocycles. The van der Waals surface area contributed by atoms with Crippen LogP contribution >= 0.6 is 11.6 Å². The second kappa shape index (κ2) is 9.73. The van der Waals surface area contributed by atoms with E-state index in [-0.39, 0.29) is 12.0 Å². The van der Waals surface area contributed by atoms with Crippen molar-refractivity contribution in [1.29, 1.82) is 0 Å². The first-order valence-electron chi connectivity index (χ1n) is 8.64. The quantitative estimate of drug-likeness (QED) is 0.806. The van der Waals surface area contributed by atoms with E-state index in [1.54, 1.807) is 13.3 Å². The minimum atomic E-state index is -0.833. The van der Waals surface area contributed by atoms with E-state index in [1.807, 2.05) is 24.4 Å². The summed E-state index contributed by atoms with van der Waals surface area (Å²) in [4.78, 5) is 13.5. The first kappa shape index (κ1) is 21.2. The SMILES string of the molecule is CC(=O)O.COc1ccc(-c2nccn2CC2(CO)CCOCC2)cc1Cl. The zero-order chi connectivity index (χ0) is 19.9. The third-order valence-corrected chi connectivity index (χ3v) is 4.82. The maximum atomic E-state index is 9.89. The molecule has 2 heterocycles. The summed E-state index contributed by atoms with van der Waals surface area (Å²) in [5, 5.41) is 17.9. The molecule has 0 spiro atoms. The van der Waals surface area contributed by atoms with Crippen molar-refractivity contribution in [1.82, 2.24) is 9.55 Å². The number of carboxylic acid groups (broad SMARTS) is 1. The highest BCUT2D eigenvalue weighted by atomic mass is 35.5. The number of aliphatic hydroxyl groups excluding tert-OH is 1. The van der Waals surface area contributed by atoms with Crippen molar-refractivity contribution in [2.45, 2.75) is 26.3 Å². The molecule has 1 aliphatic rings. The van der Waals surface area contributed by atoms with Gasteiger partial charge in [0, 0.05) is 50.1 Å². The van der Waals surface area contributed by atoms with Gasteiger partial charge in [-0.3, -0.25) is 4.79 Å². The van der Waals surface area contributed by atoms with Gasteiger partial charge in [-0.25, -0.2) is 4.98 Å². The molecule has 0 bridgehead atoms. The van der Waals surface area contributed by atoms with Crippen molar-refractivity contribution in [2.24, 2.45) is 5.41 Å². The highest BCUT2D eigenvalue weighted by molar-refractivity contribution is 6.32. The Hall–Kier alpha value is -2.09. The van der Waals surface area contributed by atoms with Crippen molar-refractivity contribution >= 4 is 17.6 Å². The number of imidazole rings is 1. The molecular weight excluding hydrogens is 372 g/mol. The number of halogens is 1. The van der Waals surface area contributed by atoms with Crippen molar-refractivity contribution in [3.63, 3.8) is 0 Å². The van der Waals surface area contributed by atoms with Crippen LogP contribution in [0.25, 0.3) is 11.4 Å². The molecule has 27 heavy (non-hydrogen) atoms. The van der Waals surface area contributed by atoms with E-state index in [0.29, 0.717) is 30.5 Å². The number of carboxylic acids is 1. The van der Waals surface area contributed by atoms with Crippen LogP contribution in [-0.4, -0.2) is 52.7 Å². The predicted molar refractivity (Wildman–Crippen MR) is 102 cm³/mol. The van der Waals surface area contributed by atoms with E-state index in [2.05, 4.69) is 9.55 Å². The average Bonchev–Trinajstić information content (AvgIpc) is 3.10. The highest BCUT2D eigenvalue weighted by Crippen LogP contribution is 2.34. The summed E-state index contributed by atoms with van der Waals surface area (Å²) in [6, 6.07) is 5.64. The lowest BCUT2D eigenvalue weighted by Crippen LogP contribution is -2.37. The Kier molecular flexibility index (Phi) is 7.65. The Morgan fingerprint density at radius 2 is 2.07 bits per heavy atom. The molecule has 148 valence electrons. The minimum absolute atomic E-state index is 0.149. The van der Waals surface area contributed by atoms with Crippen molar-refractivity contribution in [2.75, 3.05) is 26.9 Å². The van der Waals surface area contributed by atoms with Crippen LogP contribution in [-0.2, 0) is 16.1 Å². The van der Waals surface area contributed by atoms with E-state index in [0.717, 1.165) is 31.2 Å². The first-order chi connectivity index (χ1) is 12.9. The highest BCUT2D eigenvalue weighted by Gasteiger charge is 2.33. The van der Waals surface area contributed by atoms with Gasteiger partial charge in [0.15, 0.2) is 0 Å². The molecule has 2 N–H and O–H groups in total. The predicted octanol–water partition coefficient (Wildman–Crippen LogP) is 3.09. The molecule has 0 aliphatic carbocycles. The molecule has 0 atom stereocenters. The number of aromatic nitrogens is 2. The number of rotatable bonds is 5. The smallest absolute Gasteiger partial charge is 0.300 e. The second-order valence-electron chi connectivity index (χ2n) is 6.52. The number of methoxy groups -OCH3 is 1. The molecule has 0 saturated carbocycles. The summed E-state index contributed by atoms with van der Waals surface area (Å²) in [5.41, 5.74) is 0.783. The van der Waals surface area contributed by atoms with Crippen LogP contribution in [0.15, 0.2) is 30.6 Å². The maximum Gasteiger partial charge on any atom is 0.300 e. The van der Waals surface area contributed by atoms with Crippen LogP contribution in [0.2, 0.25) is 5.02 Å². The minimum Gasteiger partial charge on any atom is -0.495 e. The molecule has 0 unspecified atom stereocenters. The number of aliphatic carboxylic acids is 1. The molecule has 1 aromatic carbocycles. The summed E-state index contributed by atoms with van der Waals surface area (Å²) in [5.74, 6) is 0.652. The third-order valence-electron chi connectivity index (χ3n) is 4.52. The van der Waals surface area contributed by atoms with Gasteiger partial charge in [0.1, 0.15) is 11.6 Å². The largest absolute Gasteiger partial charge is 0.495 e. The average molecular weight is 397 g/mol. The lowest BCUT2D eigenvalue weighted by molar-refractivity contribution is -0.134. The van der Waals surface area contributed by atoms with Gasteiger partial charge in [0.05, 0.1) is 18.7 Å². The third kappa shape index (κ3) is 5.69. The lowest BCUT2D eigenvalue weighted by atomic mass is 9.81. The van der Waals surface area contributed by atoms with Gasteiger partial charge < -0.3 is 24.3 Å². The molecule has 0 radical (unpaired) electrons. The number of aliphatic hydroxyl groups is 1. The monoisotopic (exact) mass is 396 g/mol. The molecule has 2 aromatic rings. The Labute approximate surface area is 163 Å². The van der Waals surface area contributed by atoms with Crippen LogP contribution in [0.1, 0.15) is 19.8 Å². The second-order valence-corrected chi connectivity index (χ2v) is 6.92. The molecule has 1 fully saturated rings. The van der Waals surface area contributed by atoms with E-state index < -0.39 is 5.97 Å². The van der Waals surface area contributed by atoms with Crippen molar-refractivity contribution in [3.05, 3.63) is 35.6 Å². The summed E-state index contributed by atoms with van der Waals surface area (Å²) >= 11 is 6.23. The van der Waals surface area contributed by atoms with Crippen molar-refractivity contribution in [3.8, 4) is 17.1 Å². The van der Waals surface area contributed by atoms with E-state index in [4.69, 9.17) is 31.0 Å². The van der Waals surface area contributed by atoms with E-state index >= 15 is 0 Å². The Balaban J connectivity index is 0.000000596. The molecule has 3 rings (SSSR count). The van der Waals surface area contributed by atoms with Gasteiger partial charge in [-0.05, 0) is 31.0 Å². The van der Waals surface area contributed by atoms with E-state index in [9.17, 15) is 5.11 Å². The number of nitrogens with zero attached hydrogens (tertiary/aromatic N) is 2. The lowest BCUT2D eigenvalue weighted by Gasteiger charge is -2.36. The number of ether oxygens (including phenoxy) is 2. The van der Waals surface area contributed by atoms with Crippen LogP contribution in [0.4, 0.5) is 0 Å². The Bertz CT molecular complexity index is 752. The van der Waals surface area contributed by atoms with Gasteiger partial charge in [0.2, 0.25) is 0 Å². The molecule has 0 amide bonds.